The number of nitrogens with one attached hydrogen (secondary N) is 2. The van der Waals surface area contributed by atoms with E-state index < -0.39 is 10.0 Å². The van der Waals surface area contributed by atoms with Gasteiger partial charge in [0.1, 0.15) is 0 Å². The number of sulfonamides is 1. The van der Waals surface area contributed by atoms with Gasteiger partial charge in [0.15, 0.2) is 0 Å². The Bertz CT molecular complexity index is 1090. The summed E-state index contributed by atoms with van der Waals surface area (Å²) in [7, 11) is -1.95. The lowest BCUT2D eigenvalue weighted by Gasteiger charge is -2.15. The van der Waals surface area contributed by atoms with E-state index in [0.717, 1.165) is 12.8 Å². The average Bonchev–Trinajstić information content (AvgIpc) is 3.32. The molecule has 8 heteroatoms. The number of carbonyl (C=O) groups excluding carboxylic acids is 2. The van der Waals surface area contributed by atoms with Crippen LogP contribution in [0.15, 0.2) is 53.4 Å². The van der Waals surface area contributed by atoms with Gasteiger partial charge in [-0.3, -0.25) is 9.59 Å². The Morgan fingerprint density at radius 2 is 1.67 bits per heavy atom. The summed E-state index contributed by atoms with van der Waals surface area (Å²) in [6.07, 6.45) is 1.74. The summed E-state index contributed by atoms with van der Waals surface area (Å²) < 4.78 is 26.5. The Morgan fingerprint density at radius 3 is 2.33 bits per heavy atom. The summed E-state index contributed by atoms with van der Waals surface area (Å²) in [4.78, 5) is 24.3. The molecule has 0 atom stereocenters. The predicted octanol–water partition coefficient (Wildman–Crippen LogP) is 1.61. The van der Waals surface area contributed by atoms with E-state index in [-0.39, 0.29) is 23.3 Å². The van der Waals surface area contributed by atoms with Crippen LogP contribution in [-0.2, 0) is 10.0 Å². The number of amides is 2. The first kappa shape index (κ1) is 21.6. The summed E-state index contributed by atoms with van der Waals surface area (Å²) in [5.74, 6) is 5.13. The summed E-state index contributed by atoms with van der Waals surface area (Å²) >= 11 is 0. The van der Waals surface area contributed by atoms with Crippen LogP contribution in [0.25, 0.3) is 0 Å². The minimum absolute atomic E-state index is 0.0920. The molecule has 1 aliphatic rings. The van der Waals surface area contributed by atoms with Crippen molar-refractivity contribution in [1.29, 1.82) is 0 Å². The van der Waals surface area contributed by atoms with E-state index in [1.165, 1.54) is 28.6 Å². The number of benzene rings is 2. The molecule has 1 saturated heterocycles. The van der Waals surface area contributed by atoms with Crippen molar-refractivity contribution in [2.75, 3.05) is 26.7 Å². The number of nitrogens with zero attached hydrogens (tertiary/aromatic N) is 1. The van der Waals surface area contributed by atoms with Crippen LogP contribution < -0.4 is 10.6 Å². The molecule has 0 unspecified atom stereocenters. The van der Waals surface area contributed by atoms with Gasteiger partial charge in [-0.05, 0) is 49.2 Å². The van der Waals surface area contributed by atoms with Crippen molar-refractivity contribution in [3.8, 4) is 11.8 Å². The molecule has 2 aromatic carbocycles. The molecule has 0 bridgehead atoms. The largest absolute Gasteiger partial charge is 0.355 e. The normalized spacial score (nSPS) is 13.9. The Labute approximate surface area is 176 Å². The molecule has 2 amide bonds. The predicted molar refractivity (Wildman–Crippen MR) is 113 cm³/mol. The van der Waals surface area contributed by atoms with E-state index in [0.29, 0.717) is 29.8 Å². The van der Waals surface area contributed by atoms with Crippen LogP contribution in [0.5, 0.6) is 0 Å². The third-order valence-corrected chi connectivity index (χ3v) is 6.69. The quantitative estimate of drug-likeness (QED) is 0.712. The van der Waals surface area contributed by atoms with Crippen LogP contribution in [0.4, 0.5) is 0 Å². The number of rotatable bonds is 5. The Kier molecular flexibility index (Phi) is 6.87. The zero-order valence-corrected chi connectivity index (χ0v) is 17.5. The maximum atomic E-state index is 12.5. The van der Waals surface area contributed by atoms with Crippen LogP contribution in [0, 0.1) is 11.8 Å². The highest BCUT2D eigenvalue weighted by molar-refractivity contribution is 7.89. The van der Waals surface area contributed by atoms with Gasteiger partial charge in [-0.1, -0.05) is 24.0 Å². The maximum Gasteiger partial charge on any atom is 0.252 e. The fraction of sp³-hybridized carbons (Fsp3) is 0.273. The zero-order chi connectivity index (χ0) is 21.6. The van der Waals surface area contributed by atoms with Crippen LogP contribution in [-0.4, -0.2) is 51.2 Å². The standard InChI is InChI=1S/C22H23N3O4S/c1-23-22(27)20-9-3-2-7-17(20)8-6-14-24-21(26)18-10-12-19(13-11-18)30(28,29)25-15-4-5-16-25/h2-3,7,9-13H,4-5,14-16H2,1H3,(H,23,27)(H,24,26). The van der Waals surface area contributed by atoms with Crippen molar-refractivity contribution in [3.05, 3.63) is 65.2 Å². The Morgan fingerprint density at radius 1 is 1.00 bits per heavy atom. The minimum atomic E-state index is -3.50. The van der Waals surface area contributed by atoms with Gasteiger partial charge in [-0.2, -0.15) is 4.31 Å². The van der Waals surface area contributed by atoms with Crippen molar-refractivity contribution in [3.63, 3.8) is 0 Å². The molecule has 30 heavy (non-hydrogen) atoms. The second-order valence-electron chi connectivity index (χ2n) is 6.74. The highest BCUT2D eigenvalue weighted by Crippen LogP contribution is 2.21. The first-order valence-electron chi connectivity index (χ1n) is 9.62. The van der Waals surface area contributed by atoms with Gasteiger partial charge in [0, 0.05) is 31.3 Å². The van der Waals surface area contributed by atoms with Gasteiger partial charge in [0.05, 0.1) is 17.0 Å². The molecule has 1 heterocycles. The Balaban J connectivity index is 1.62. The average molecular weight is 426 g/mol. The first-order chi connectivity index (χ1) is 14.4. The first-order valence-corrected chi connectivity index (χ1v) is 11.1. The third kappa shape index (κ3) is 4.87. The lowest BCUT2D eigenvalue weighted by molar-refractivity contribution is 0.0952. The molecule has 0 aromatic heterocycles. The number of carbonyl (C=O) groups is 2. The molecule has 0 aliphatic carbocycles. The van der Waals surface area contributed by atoms with E-state index in [2.05, 4.69) is 22.5 Å². The van der Waals surface area contributed by atoms with Gasteiger partial charge >= 0.3 is 0 Å². The molecule has 1 fully saturated rings. The van der Waals surface area contributed by atoms with Crippen LogP contribution in [0.3, 0.4) is 0 Å². The highest BCUT2D eigenvalue weighted by atomic mass is 32.2. The smallest absolute Gasteiger partial charge is 0.252 e. The van der Waals surface area contributed by atoms with Gasteiger partial charge < -0.3 is 10.6 Å². The lowest BCUT2D eigenvalue weighted by atomic mass is 10.1. The van der Waals surface area contributed by atoms with Crippen LogP contribution in [0.1, 0.15) is 39.1 Å². The Hall–Kier alpha value is -3.15. The number of hydrogen-bond donors (Lipinski definition) is 2. The molecular formula is C22H23N3O4S. The van der Waals surface area contributed by atoms with Gasteiger partial charge in [-0.15, -0.1) is 0 Å². The van der Waals surface area contributed by atoms with E-state index in [9.17, 15) is 18.0 Å². The summed E-state index contributed by atoms with van der Waals surface area (Å²) in [6, 6.07) is 12.8. The van der Waals surface area contributed by atoms with Crippen molar-refractivity contribution in [2.45, 2.75) is 17.7 Å². The highest BCUT2D eigenvalue weighted by Gasteiger charge is 2.27. The molecule has 0 spiro atoms. The van der Waals surface area contributed by atoms with Crippen molar-refractivity contribution < 1.29 is 18.0 Å². The molecule has 2 N–H and O–H groups in total. The van der Waals surface area contributed by atoms with Crippen LogP contribution >= 0.6 is 0 Å². The molecule has 7 nitrogen and oxygen atoms in total. The molecule has 0 radical (unpaired) electrons. The van der Waals surface area contributed by atoms with E-state index in [1.807, 2.05) is 0 Å². The molecule has 3 rings (SSSR count). The third-order valence-electron chi connectivity index (χ3n) is 4.78. The fourth-order valence-electron chi connectivity index (χ4n) is 3.15. The topological polar surface area (TPSA) is 95.6 Å². The van der Waals surface area contributed by atoms with Crippen LogP contribution in [0.2, 0.25) is 0 Å². The van der Waals surface area contributed by atoms with Crippen molar-refractivity contribution in [1.82, 2.24) is 14.9 Å². The minimum Gasteiger partial charge on any atom is -0.355 e. The molecular weight excluding hydrogens is 402 g/mol. The fourth-order valence-corrected chi connectivity index (χ4v) is 4.66. The second kappa shape index (κ2) is 9.57. The SMILES string of the molecule is CNC(=O)c1ccccc1C#CCNC(=O)c1ccc(S(=O)(=O)N2CCCC2)cc1. The molecule has 0 saturated carbocycles. The molecule has 1 aliphatic heterocycles. The maximum absolute atomic E-state index is 12.5. The zero-order valence-electron chi connectivity index (χ0n) is 16.6. The van der Waals surface area contributed by atoms with Gasteiger partial charge in [-0.25, -0.2) is 8.42 Å². The van der Waals surface area contributed by atoms with Gasteiger partial charge in [0.2, 0.25) is 10.0 Å². The van der Waals surface area contributed by atoms with E-state index in [4.69, 9.17) is 0 Å². The molecule has 2 aromatic rings. The number of hydrogen-bond acceptors (Lipinski definition) is 4. The van der Waals surface area contributed by atoms with Crippen molar-refractivity contribution >= 4 is 21.8 Å². The summed E-state index contributed by atoms with van der Waals surface area (Å²) in [6.45, 7) is 1.16. The van der Waals surface area contributed by atoms with E-state index in [1.54, 1.807) is 31.3 Å². The van der Waals surface area contributed by atoms with Gasteiger partial charge in [0.25, 0.3) is 11.8 Å². The summed E-state index contributed by atoms with van der Waals surface area (Å²) in [5, 5.41) is 5.23. The lowest BCUT2D eigenvalue weighted by Crippen LogP contribution is -2.28. The van der Waals surface area contributed by atoms with E-state index >= 15 is 0 Å². The second-order valence-corrected chi connectivity index (χ2v) is 8.68. The molecule has 156 valence electrons. The van der Waals surface area contributed by atoms with Crippen molar-refractivity contribution in [2.24, 2.45) is 0 Å². The summed E-state index contributed by atoms with van der Waals surface area (Å²) in [5.41, 5.74) is 1.39. The monoisotopic (exact) mass is 425 g/mol.